The largest absolute Gasteiger partial charge is 0.214 e. The Balaban J connectivity index is 2.41. The predicted octanol–water partition coefficient (Wildman–Crippen LogP) is 3.23. The van der Waals surface area contributed by atoms with E-state index in [9.17, 15) is 0 Å². The normalized spacial score (nSPS) is 11.5. The minimum atomic E-state index is -2.03. The van der Waals surface area contributed by atoms with Crippen LogP contribution < -0.4 is 10.4 Å². The Morgan fingerprint density at radius 1 is 0.706 bits per heavy atom. The molecule has 0 bridgehead atoms. The third kappa shape index (κ3) is 2.62. The van der Waals surface area contributed by atoms with Gasteiger partial charge in [-0.2, -0.15) is 11.1 Å². The molecule has 0 saturated heterocycles. The lowest BCUT2D eigenvalue weighted by atomic mass is 10.2. The van der Waals surface area contributed by atoms with Gasteiger partial charge in [-0.25, -0.2) is 0 Å². The molecule has 2 heteroatoms. The molecular weight excluding hydrogens is 244 g/mol. The lowest BCUT2D eigenvalue weighted by Crippen LogP contribution is -2.50. The fraction of sp³-hybridized carbons (Fsp3) is 0.200. The number of hydrogen-bond donors (Lipinski definition) is 0. The highest BCUT2D eigenvalue weighted by molar-refractivity contribution is 7.33. The molecule has 0 spiro atoms. The first kappa shape index (κ1) is 12.4. The summed E-state index contributed by atoms with van der Waals surface area (Å²) < 4.78 is 0. The molecule has 0 radical (unpaired) electrons. The highest BCUT2D eigenvalue weighted by Crippen LogP contribution is 2.11. The Kier molecular flexibility index (Phi) is 3.41. The zero-order chi connectivity index (χ0) is 12.5. The molecule has 0 saturated carbocycles. The van der Waals surface area contributed by atoms with Gasteiger partial charge in [0.05, 0.1) is 0 Å². The molecular formula is C15H17ClSi. The first-order valence-corrected chi connectivity index (χ1v) is 9.34. The van der Waals surface area contributed by atoms with Gasteiger partial charge in [0.15, 0.2) is 0 Å². The second kappa shape index (κ2) is 4.67. The molecule has 2 aromatic carbocycles. The Labute approximate surface area is 109 Å². The van der Waals surface area contributed by atoms with Crippen molar-refractivity contribution in [1.29, 1.82) is 0 Å². The molecule has 0 aliphatic carbocycles. The molecule has 17 heavy (non-hydrogen) atoms. The minimum absolute atomic E-state index is 1.27. The monoisotopic (exact) mass is 260 g/mol. The SMILES string of the molecule is Cc1ccc([Si](C)(Cl)c2ccc(C)cc2)cc1. The van der Waals surface area contributed by atoms with E-state index in [-0.39, 0.29) is 0 Å². The van der Waals surface area contributed by atoms with Crippen LogP contribution in [0.2, 0.25) is 6.55 Å². The van der Waals surface area contributed by atoms with Gasteiger partial charge in [-0.1, -0.05) is 59.7 Å². The van der Waals surface area contributed by atoms with Gasteiger partial charge in [-0.05, 0) is 30.8 Å². The molecule has 0 atom stereocenters. The molecule has 0 aliphatic heterocycles. The lowest BCUT2D eigenvalue weighted by molar-refractivity contribution is 1.48. The van der Waals surface area contributed by atoms with Crippen molar-refractivity contribution in [2.45, 2.75) is 20.4 Å². The molecule has 0 nitrogen and oxygen atoms in total. The molecule has 0 unspecified atom stereocenters. The van der Waals surface area contributed by atoms with Crippen molar-refractivity contribution in [3.8, 4) is 0 Å². The van der Waals surface area contributed by atoms with Crippen LogP contribution in [0, 0.1) is 13.8 Å². The zero-order valence-electron chi connectivity index (χ0n) is 10.5. The van der Waals surface area contributed by atoms with Crippen LogP contribution in [0.1, 0.15) is 11.1 Å². The van der Waals surface area contributed by atoms with E-state index in [1.807, 2.05) is 0 Å². The second-order valence-electron chi connectivity index (χ2n) is 4.74. The summed E-state index contributed by atoms with van der Waals surface area (Å²) in [7, 11) is -2.03. The van der Waals surface area contributed by atoms with Crippen LogP contribution in [-0.2, 0) is 0 Å². The number of rotatable bonds is 2. The molecule has 0 aromatic heterocycles. The summed E-state index contributed by atoms with van der Waals surface area (Å²) in [5.41, 5.74) is 2.55. The van der Waals surface area contributed by atoms with Crippen LogP contribution in [-0.4, -0.2) is 7.38 Å². The molecule has 0 heterocycles. The maximum atomic E-state index is 6.83. The molecule has 0 N–H and O–H groups in total. The molecule has 0 aliphatic rings. The van der Waals surface area contributed by atoms with E-state index in [1.54, 1.807) is 0 Å². The summed E-state index contributed by atoms with van der Waals surface area (Å²) in [6, 6.07) is 17.2. The van der Waals surface area contributed by atoms with Crippen molar-refractivity contribution in [3.05, 3.63) is 59.7 Å². The van der Waals surface area contributed by atoms with Gasteiger partial charge in [0.25, 0.3) is 0 Å². The lowest BCUT2D eigenvalue weighted by Gasteiger charge is -2.20. The standard InChI is InChI=1S/C15H17ClSi/c1-12-4-8-14(9-5-12)17(3,16)15-10-6-13(2)7-11-15/h4-11H,1-3H3. The van der Waals surface area contributed by atoms with Crippen LogP contribution in [0.25, 0.3) is 0 Å². The highest BCUT2D eigenvalue weighted by Gasteiger charge is 2.29. The Morgan fingerprint density at radius 3 is 1.29 bits per heavy atom. The Bertz CT molecular complexity index is 450. The van der Waals surface area contributed by atoms with Crippen molar-refractivity contribution < 1.29 is 0 Å². The van der Waals surface area contributed by atoms with Crippen molar-refractivity contribution in [2.75, 3.05) is 0 Å². The summed E-state index contributed by atoms with van der Waals surface area (Å²) in [6.07, 6.45) is 0. The summed E-state index contributed by atoms with van der Waals surface area (Å²) in [4.78, 5) is 0. The van der Waals surface area contributed by atoms with Gasteiger partial charge < -0.3 is 0 Å². The fourth-order valence-corrected chi connectivity index (χ4v) is 4.57. The van der Waals surface area contributed by atoms with Crippen LogP contribution in [0.4, 0.5) is 0 Å². The Hall–Kier alpha value is -1.05. The van der Waals surface area contributed by atoms with Gasteiger partial charge in [-0.15, -0.1) is 0 Å². The zero-order valence-corrected chi connectivity index (χ0v) is 12.3. The third-order valence-electron chi connectivity index (χ3n) is 3.19. The average molecular weight is 261 g/mol. The van der Waals surface area contributed by atoms with Gasteiger partial charge in [0, 0.05) is 0 Å². The summed E-state index contributed by atoms with van der Waals surface area (Å²) in [6.45, 7) is 6.38. The third-order valence-corrected chi connectivity index (χ3v) is 7.33. The van der Waals surface area contributed by atoms with E-state index in [0.29, 0.717) is 0 Å². The first-order chi connectivity index (χ1) is 8.00. The first-order valence-electron chi connectivity index (χ1n) is 5.83. The smallest absolute Gasteiger partial charge is 0.155 e. The van der Waals surface area contributed by atoms with Crippen LogP contribution in [0.5, 0.6) is 0 Å². The average Bonchev–Trinajstić information content (AvgIpc) is 2.30. The summed E-state index contributed by atoms with van der Waals surface area (Å²) in [5, 5.41) is 2.54. The second-order valence-corrected chi connectivity index (χ2v) is 10.2. The number of hydrogen-bond acceptors (Lipinski definition) is 0. The van der Waals surface area contributed by atoms with Crippen molar-refractivity contribution >= 4 is 28.8 Å². The molecule has 2 rings (SSSR count). The van der Waals surface area contributed by atoms with E-state index in [0.717, 1.165) is 0 Å². The van der Waals surface area contributed by atoms with E-state index in [1.165, 1.54) is 21.5 Å². The van der Waals surface area contributed by atoms with Crippen molar-refractivity contribution in [2.24, 2.45) is 0 Å². The van der Waals surface area contributed by atoms with Crippen LogP contribution >= 0.6 is 11.1 Å². The topological polar surface area (TPSA) is 0 Å². The summed E-state index contributed by atoms with van der Waals surface area (Å²) >= 11 is 6.83. The van der Waals surface area contributed by atoms with Gasteiger partial charge in [0.1, 0.15) is 0 Å². The maximum absolute atomic E-state index is 6.83. The quantitative estimate of drug-likeness (QED) is 0.575. The predicted molar refractivity (Wildman–Crippen MR) is 79.1 cm³/mol. The van der Waals surface area contributed by atoms with Crippen LogP contribution in [0.3, 0.4) is 0 Å². The fourth-order valence-electron chi connectivity index (χ4n) is 1.90. The molecule has 88 valence electrons. The minimum Gasteiger partial charge on any atom is -0.155 e. The Morgan fingerprint density at radius 2 is 1.00 bits per heavy atom. The highest BCUT2D eigenvalue weighted by atomic mass is 35.6. The maximum Gasteiger partial charge on any atom is 0.214 e. The van der Waals surface area contributed by atoms with Crippen molar-refractivity contribution in [3.63, 3.8) is 0 Å². The van der Waals surface area contributed by atoms with Crippen LogP contribution in [0.15, 0.2) is 48.5 Å². The van der Waals surface area contributed by atoms with Gasteiger partial charge in [-0.3, -0.25) is 0 Å². The summed E-state index contributed by atoms with van der Waals surface area (Å²) in [5.74, 6) is 0. The van der Waals surface area contributed by atoms with Gasteiger partial charge >= 0.3 is 0 Å². The van der Waals surface area contributed by atoms with Gasteiger partial charge in [0.2, 0.25) is 7.38 Å². The van der Waals surface area contributed by atoms with E-state index < -0.39 is 7.38 Å². The van der Waals surface area contributed by atoms with Crippen molar-refractivity contribution in [1.82, 2.24) is 0 Å². The molecule has 0 amide bonds. The number of halogens is 1. The van der Waals surface area contributed by atoms with E-state index in [4.69, 9.17) is 11.1 Å². The number of benzene rings is 2. The number of aryl methyl sites for hydroxylation is 2. The molecule has 0 fully saturated rings. The van der Waals surface area contributed by atoms with E-state index >= 15 is 0 Å². The molecule has 2 aromatic rings. The van der Waals surface area contributed by atoms with E-state index in [2.05, 4.69) is 68.9 Å².